The van der Waals surface area contributed by atoms with E-state index in [1.165, 1.54) is 12.4 Å². The molecule has 0 aliphatic carbocycles. The van der Waals surface area contributed by atoms with Crippen LogP contribution in [0.5, 0.6) is 5.75 Å². The molecule has 0 unspecified atom stereocenters. The summed E-state index contributed by atoms with van der Waals surface area (Å²) in [6, 6.07) is 7.10. The Labute approximate surface area is 129 Å². The van der Waals surface area contributed by atoms with Crippen LogP contribution >= 0.6 is 15.9 Å². The van der Waals surface area contributed by atoms with Gasteiger partial charge in [0.05, 0.1) is 9.40 Å². The number of ether oxygens (including phenoxy) is 1. The van der Waals surface area contributed by atoms with Crippen molar-refractivity contribution >= 4 is 33.0 Å². The molecule has 0 fully saturated rings. The minimum atomic E-state index is -0.491. The molecule has 0 aliphatic rings. The third-order valence-corrected chi connectivity index (χ3v) is 3.17. The molecule has 2 rings (SSSR count). The predicted molar refractivity (Wildman–Crippen MR) is 82.9 cm³/mol. The summed E-state index contributed by atoms with van der Waals surface area (Å²) in [5, 5.41) is 14.0. The first-order valence-corrected chi connectivity index (χ1v) is 6.89. The lowest BCUT2D eigenvalue weighted by Crippen LogP contribution is -2.10. The summed E-state index contributed by atoms with van der Waals surface area (Å²) >= 11 is 3.26. The first kappa shape index (κ1) is 15.2. The number of halogens is 1. The number of hydrogen-bond acceptors (Lipinski definition) is 6. The zero-order valence-electron chi connectivity index (χ0n) is 11.0. The normalized spacial score (nSPS) is 10.2. The summed E-state index contributed by atoms with van der Waals surface area (Å²) in [5.74, 6) is 0.637. The summed E-state index contributed by atoms with van der Waals surface area (Å²) in [5.41, 5.74) is 6.27. The van der Waals surface area contributed by atoms with E-state index in [4.69, 9.17) is 10.5 Å². The minimum absolute atomic E-state index is 0.113. The van der Waals surface area contributed by atoms with Crippen molar-refractivity contribution in [1.29, 1.82) is 0 Å². The van der Waals surface area contributed by atoms with E-state index in [0.29, 0.717) is 34.7 Å². The first-order valence-electron chi connectivity index (χ1n) is 6.09. The Bertz CT molecular complexity index is 651. The van der Waals surface area contributed by atoms with Crippen LogP contribution in [0.25, 0.3) is 0 Å². The monoisotopic (exact) mass is 352 g/mol. The number of nitro groups is 1. The van der Waals surface area contributed by atoms with Crippen LogP contribution in [0.2, 0.25) is 0 Å². The number of anilines is 2. The fourth-order valence-electron chi connectivity index (χ4n) is 1.67. The van der Waals surface area contributed by atoms with Gasteiger partial charge in [0, 0.05) is 24.5 Å². The molecule has 0 radical (unpaired) electrons. The quantitative estimate of drug-likeness (QED) is 0.611. The molecule has 110 valence electrons. The fraction of sp³-hybridized carbons (Fsp3) is 0.154. The molecule has 0 atom stereocenters. The van der Waals surface area contributed by atoms with Gasteiger partial charge >= 0.3 is 5.69 Å². The lowest BCUT2D eigenvalue weighted by atomic mass is 10.2. The molecule has 0 bridgehead atoms. The second kappa shape index (κ2) is 7.00. The Balaban J connectivity index is 2.28. The zero-order chi connectivity index (χ0) is 15.2. The number of hydrogen-bond donors (Lipinski definition) is 2. The summed E-state index contributed by atoms with van der Waals surface area (Å²) in [6.07, 6.45) is 2.69. The first-order chi connectivity index (χ1) is 10.1. The van der Waals surface area contributed by atoms with Crippen molar-refractivity contribution in [3.05, 3.63) is 51.2 Å². The number of rotatable bonds is 6. The number of nitrogens with two attached hydrogens (primary N) is 1. The number of pyridine rings is 1. The van der Waals surface area contributed by atoms with Crippen molar-refractivity contribution in [2.24, 2.45) is 5.73 Å². The molecular weight excluding hydrogens is 340 g/mol. The maximum absolute atomic E-state index is 11.0. The van der Waals surface area contributed by atoms with Crippen LogP contribution < -0.4 is 15.8 Å². The molecule has 8 heteroatoms. The smallest absolute Gasteiger partial charge is 0.311 e. The lowest BCUT2D eigenvalue weighted by molar-refractivity contribution is -0.384. The molecular formula is C13H13BrN4O3. The van der Waals surface area contributed by atoms with Gasteiger partial charge in [0.25, 0.3) is 0 Å². The average Bonchev–Trinajstić information content (AvgIpc) is 2.47. The van der Waals surface area contributed by atoms with Crippen LogP contribution in [0, 0.1) is 10.1 Å². The van der Waals surface area contributed by atoms with Crippen molar-refractivity contribution in [2.75, 3.05) is 18.5 Å². The van der Waals surface area contributed by atoms with Crippen LogP contribution in [0.1, 0.15) is 0 Å². The standard InChI is InChI=1S/C13H13BrN4O3/c14-11-7-16-8-12(18(19)20)13(11)17-9-2-1-3-10(6-9)21-5-4-15/h1-3,6-8H,4-5,15H2,(H,16,17). The van der Waals surface area contributed by atoms with Crippen LogP contribution in [-0.4, -0.2) is 23.1 Å². The maximum Gasteiger partial charge on any atom is 0.311 e. The summed E-state index contributed by atoms with van der Waals surface area (Å²) in [6.45, 7) is 0.821. The third kappa shape index (κ3) is 3.89. The maximum atomic E-state index is 11.0. The van der Waals surface area contributed by atoms with Gasteiger partial charge in [-0.25, -0.2) is 0 Å². The third-order valence-electron chi connectivity index (χ3n) is 2.57. The van der Waals surface area contributed by atoms with Crippen molar-refractivity contribution in [2.45, 2.75) is 0 Å². The van der Waals surface area contributed by atoms with E-state index in [0.717, 1.165) is 0 Å². The minimum Gasteiger partial charge on any atom is -0.492 e. The highest BCUT2D eigenvalue weighted by atomic mass is 79.9. The molecule has 7 nitrogen and oxygen atoms in total. The second-order valence-corrected chi connectivity index (χ2v) is 4.92. The fourth-order valence-corrected chi connectivity index (χ4v) is 2.09. The SMILES string of the molecule is NCCOc1cccc(Nc2c(Br)cncc2[N+](=O)[O-])c1. The topological polar surface area (TPSA) is 103 Å². The van der Waals surface area contributed by atoms with Crippen LogP contribution in [-0.2, 0) is 0 Å². The number of nitrogens with one attached hydrogen (secondary N) is 1. The van der Waals surface area contributed by atoms with E-state index in [-0.39, 0.29) is 5.69 Å². The average molecular weight is 353 g/mol. The van der Waals surface area contributed by atoms with Gasteiger partial charge < -0.3 is 15.8 Å². The Hall–Kier alpha value is -2.19. The Morgan fingerprint density at radius 1 is 1.43 bits per heavy atom. The largest absolute Gasteiger partial charge is 0.492 e. The van der Waals surface area contributed by atoms with Gasteiger partial charge in [0.15, 0.2) is 0 Å². The molecule has 1 aromatic carbocycles. The summed E-state index contributed by atoms with van der Waals surface area (Å²) in [4.78, 5) is 14.3. The highest BCUT2D eigenvalue weighted by Gasteiger charge is 2.17. The van der Waals surface area contributed by atoms with Crippen LogP contribution in [0.3, 0.4) is 0 Å². The summed E-state index contributed by atoms with van der Waals surface area (Å²) < 4.78 is 5.92. The van der Waals surface area contributed by atoms with Crippen molar-refractivity contribution in [3.63, 3.8) is 0 Å². The summed E-state index contributed by atoms with van der Waals surface area (Å²) in [7, 11) is 0. The van der Waals surface area contributed by atoms with E-state index >= 15 is 0 Å². The van der Waals surface area contributed by atoms with Gasteiger partial charge in [0.2, 0.25) is 0 Å². The number of nitrogens with zero attached hydrogens (tertiary/aromatic N) is 2. The molecule has 0 aliphatic heterocycles. The van der Waals surface area contributed by atoms with Gasteiger partial charge in [0.1, 0.15) is 24.2 Å². The molecule has 1 aromatic heterocycles. The molecule has 0 saturated carbocycles. The number of benzene rings is 1. The van der Waals surface area contributed by atoms with Gasteiger partial charge in [-0.2, -0.15) is 0 Å². The Morgan fingerprint density at radius 2 is 2.24 bits per heavy atom. The van der Waals surface area contributed by atoms with Gasteiger partial charge in [-0.1, -0.05) is 6.07 Å². The molecule has 0 saturated heterocycles. The number of aromatic nitrogens is 1. The second-order valence-electron chi connectivity index (χ2n) is 4.06. The van der Waals surface area contributed by atoms with Crippen molar-refractivity contribution < 1.29 is 9.66 Å². The van der Waals surface area contributed by atoms with Gasteiger partial charge in [-0.15, -0.1) is 0 Å². The molecule has 1 heterocycles. The predicted octanol–water partition coefficient (Wildman–Crippen LogP) is 2.83. The Kier molecular flexibility index (Phi) is 5.07. The van der Waals surface area contributed by atoms with Crippen LogP contribution in [0.4, 0.5) is 17.1 Å². The van der Waals surface area contributed by atoms with E-state index in [9.17, 15) is 10.1 Å². The molecule has 3 N–H and O–H groups in total. The van der Waals surface area contributed by atoms with Crippen LogP contribution in [0.15, 0.2) is 41.1 Å². The Morgan fingerprint density at radius 3 is 2.95 bits per heavy atom. The molecule has 21 heavy (non-hydrogen) atoms. The van der Waals surface area contributed by atoms with E-state index in [2.05, 4.69) is 26.2 Å². The molecule has 0 spiro atoms. The molecule has 0 amide bonds. The molecule has 2 aromatic rings. The van der Waals surface area contributed by atoms with E-state index in [1.54, 1.807) is 24.3 Å². The van der Waals surface area contributed by atoms with Gasteiger partial charge in [-0.05, 0) is 28.1 Å². The van der Waals surface area contributed by atoms with E-state index < -0.39 is 4.92 Å². The lowest BCUT2D eigenvalue weighted by Gasteiger charge is -2.10. The highest BCUT2D eigenvalue weighted by Crippen LogP contribution is 2.34. The highest BCUT2D eigenvalue weighted by molar-refractivity contribution is 9.10. The zero-order valence-corrected chi connectivity index (χ0v) is 12.5. The van der Waals surface area contributed by atoms with E-state index in [1.807, 2.05) is 0 Å². The van der Waals surface area contributed by atoms with Gasteiger partial charge in [-0.3, -0.25) is 15.1 Å². The van der Waals surface area contributed by atoms with Crippen molar-refractivity contribution in [1.82, 2.24) is 4.98 Å². The van der Waals surface area contributed by atoms with Crippen molar-refractivity contribution in [3.8, 4) is 5.75 Å².